The van der Waals surface area contributed by atoms with Crippen LogP contribution >= 0.6 is 11.8 Å². The molecule has 1 unspecified atom stereocenters. The molecule has 1 saturated heterocycles. The summed E-state index contributed by atoms with van der Waals surface area (Å²) >= 11 is 1.91. The summed E-state index contributed by atoms with van der Waals surface area (Å²) in [6.07, 6.45) is 1.05. The molecule has 0 bridgehead atoms. The standard InChI is InChI=1S/C16H21F3N4OS/c1-3-10-9-23(6-7-25-10)16(20-2)21-8-13(24)22-12-5-4-11(17)14(18)15(12)19/h4-5,10H,3,6-9H2,1-2H3,(H,20,21)(H,22,24). The second-order valence-electron chi connectivity index (χ2n) is 5.52. The third kappa shape index (κ3) is 5.04. The van der Waals surface area contributed by atoms with E-state index in [1.165, 1.54) is 0 Å². The van der Waals surface area contributed by atoms with E-state index in [4.69, 9.17) is 0 Å². The molecule has 1 aliphatic rings. The molecule has 0 saturated carbocycles. The van der Waals surface area contributed by atoms with Crippen molar-refractivity contribution in [1.29, 1.82) is 0 Å². The number of aliphatic imine (C=N–C) groups is 1. The van der Waals surface area contributed by atoms with Crippen molar-refractivity contribution in [2.24, 2.45) is 4.99 Å². The van der Waals surface area contributed by atoms with Gasteiger partial charge in [-0.05, 0) is 18.6 Å². The molecule has 9 heteroatoms. The zero-order valence-electron chi connectivity index (χ0n) is 14.1. The molecule has 1 fully saturated rings. The highest BCUT2D eigenvalue weighted by molar-refractivity contribution is 8.00. The van der Waals surface area contributed by atoms with Crippen LogP contribution in [0.5, 0.6) is 0 Å². The minimum atomic E-state index is -1.61. The maximum absolute atomic E-state index is 13.6. The molecule has 0 spiro atoms. The van der Waals surface area contributed by atoms with Crippen LogP contribution in [0.1, 0.15) is 13.3 Å². The Kier molecular flexibility index (Phi) is 6.98. The minimum Gasteiger partial charge on any atom is -0.347 e. The van der Waals surface area contributed by atoms with Crippen LogP contribution in [0.15, 0.2) is 17.1 Å². The van der Waals surface area contributed by atoms with Crippen LogP contribution in [0.25, 0.3) is 0 Å². The Hall–Kier alpha value is -1.90. The van der Waals surface area contributed by atoms with E-state index in [2.05, 4.69) is 27.4 Å². The molecule has 25 heavy (non-hydrogen) atoms. The summed E-state index contributed by atoms with van der Waals surface area (Å²) in [6.45, 7) is 3.62. The summed E-state index contributed by atoms with van der Waals surface area (Å²) < 4.78 is 39.7. The van der Waals surface area contributed by atoms with Gasteiger partial charge in [-0.2, -0.15) is 11.8 Å². The van der Waals surface area contributed by atoms with Crippen molar-refractivity contribution < 1.29 is 18.0 Å². The average molecular weight is 374 g/mol. The van der Waals surface area contributed by atoms with Gasteiger partial charge in [-0.15, -0.1) is 0 Å². The van der Waals surface area contributed by atoms with E-state index in [0.717, 1.165) is 37.4 Å². The van der Waals surface area contributed by atoms with E-state index in [1.54, 1.807) is 7.05 Å². The SMILES string of the molecule is CCC1CN(C(=NC)NCC(=O)Nc2ccc(F)c(F)c2F)CCS1. The van der Waals surface area contributed by atoms with E-state index in [1.807, 2.05) is 11.8 Å². The number of thioether (sulfide) groups is 1. The Balaban J connectivity index is 1.91. The van der Waals surface area contributed by atoms with Crippen LogP contribution in [0.4, 0.5) is 18.9 Å². The van der Waals surface area contributed by atoms with Crippen molar-refractivity contribution in [2.45, 2.75) is 18.6 Å². The molecule has 1 aromatic rings. The molecule has 2 rings (SSSR count). The summed E-state index contributed by atoms with van der Waals surface area (Å²) in [6, 6.07) is 1.74. The molecule has 0 aromatic heterocycles. The molecule has 2 N–H and O–H groups in total. The van der Waals surface area contributed by atoms with Gasteiger partial charge in [-0.25, -0.2) is 13.2 Å². The molecular weight excluding hydrogens is 353 g/mol. The first-order chi connectivity index (χ1) is 12.0. The number of carbonyl (C=O) groups excluding carboxylic acids is 1. The lowest BCUT2D eigenvalue weighted by molar-refractivity contribution is -0.115. The van der Waals surface area contributed by atoms with Gasteiger partial charge in [-0.3, -0.25) is 9.79 Å². The molecule has 1 heterocycles. The lowest BCUT2D eigenvalue weighted by Gasteiger charge is -2.34. The third-order valence-electron chi connectivity index (χ3n) is 3.82. The second kappa shape index (κ2) is 8.98. The fourth-order valence-electron chi connectivity index (χ4n) is 2.47. The zero-order valence-corrected chi connectivity index (χ0v) is 14.9. The summed E-state index contributed by atoms with van der Waals surface area (Å²) in [4.78, 5) is 18.2. The Labute approximate surface area is 149 Å². The van der Waals surface area contributed by atoms with Gasteiger partial charge in [0.2, 0.25) is 5.91 Å². The first kappa shape index (κ1) is 19.4. The maximum atomic E-state index is 13.6. The predicted molar refractivity (Wildman–Crippen MR) is 94.4 cm³/mol. The van der Waals surface area contributed by atoms with Gasteiger partial charge in [0.25, 0.3) is 0 Å². The van der Waals surface area contributed by atoms with Gasteiger partial charge >= 0.3 is 0 Å². The number of guanidine groups is 1. The van der Waals surface area contributed by atoms with Crippen LogP contribution < -0.4 is 10.6 Å². The maximum Gasteiger partial charge on any atom is 0.243 e. The van der Waals surface area contributed by atoms with E-state index in [9.17, 15) is 18.0 Å². The van der Waals surface area contributed by atoms with E-state index in [0.29, 0.717) is 11.2 Å². The van der Waals surface area contributed by atoms with Crippen molar-refractivity contribution in [2.75, 3.05) is 37.8 Å². The fourth-order valence-corrected chi connectivity index (χ4v) is 3.65. The number of nitrogens with zero attached hydrogens (tertiary/aromatic N) is 2. The summed E-state index contributed by atoms with van der Waals surface area (Å²) in [7, 11) is 1.62. The molecule has 0 aliphatic carbocycles. The highest BCUT2D eigenvalue weighted by Crippen LogP contribution is 2.21. The number of hydrogen-bond acceptors (Lipinski definition) is 3. The zero-order chi connectivity index (χ0) is 18.4. The van der Waals surface area contributed by atoms with Crippen LogP contribution in [0.2, 0.25) is 0 Å². The molecular formula is C16H21F3N4OS. The Morgan fingerprint density at radius 2 is 2.12 bits per heavy atom. The molecule has 0 radical (unpaired) electrons. The summed E-state index contributed by atoms with van der Waals surface area (Å²) in [5.41, 5.74) is -0.402. The monoisotopic (exact) mass is 374 g/mol. The average Bonchev–Trinajstić information content (AvgIpc) is 2.63. The highest BCUT2D eigenvalue weighted by Gasteiger charge is 2.22. The third-order valence-corrected chi connectivity index (χ3v) is 5.19. The van der Waals surface area contributed by atoms with Gasteiger partial charge in [0, 0.05) is 31.1 Å². The van der Waals surface area contributed by atoms with Crippen LogP contribution in [0, 0.1) is 17.5 Å². The number of rotatable bonds is 4. The van der Waals surface area contributed by atoms with Gasteiger partial charge in [0.1, 0.15) is 0 Å². The van der Waals surface area contributed by atoms with Crippen LogP contribution in [-0.2, 0) is 4.79 Å². The van der Waals surface area contributed by atoms with Crippen LogP contribution in [-0.4, -0.2) is 54.5 Å². The Morgan fingerprint density at radius 3 is 2.80 bits per heavy atom. The largest absolute Gasteiger partial charge is 0.347 e. The number of anilines is 1. The van der Waals surface area contributed by atoms with Gasteiger partial charge in [0.15, 0.2) is 23.4 Å². The van der Waals surface area contributed by atoms with E-state index < -0.39 is 29.0 Å². The Morgan fingerprint density at radius 1 is 1.36 bits per heavy atom. The lowest BCUT2D eigenvalue weighted by Crippen LogP contribution is -2.49. The van der Waals surface area contributed by atoms with E-state index >= 15 is 0 Å². The number of amides is 1. The van der Waals surface area contributed by atoms with Crippen molar-refractivity contribution in [3.8, 4) is 0 Å². The van der Waals surface area contributed by atoms with Gasteiger partial charge in [-0.1, -0.05) is 6.92 Å². The number of benzene rings is 1. The minimum absolute atomic E-state index is 0.161. The summed E-state index contributed by atoms with van der Waals surface area (Å²) in [5.74, 6) is -3.35. The van der Waals surface area contributed by atoms with Crippen molar-refractivity contribution in [3.63, 3.8) is 0 Å². The molecule has 1 amide bonds. The molecule has 1 atom stereocenters. The Bertz CT molecular complexity index is 657. The number of carbonyl (C=O) groups is 1. The molecule has 5 nitrogen and oxygen atoms in total. The number of halogens is 3. The van der Waals surface area contributed by atoms with Crippen molar-refractivity contribution in [1.82, 2.24) is 10.2 Å². The highest BCUT2D eigenvalue weighted by atomic mass is 32.2. The lowest BCUT2D eigenvalue weighted by atomic mass is 10.2. The predicted octanol–water partition coefficient (Wildman–Crippen LogP) is 2.45. The van der Waals surface area contributed by atoms with E-state index in [-0.39, 0.29) is 6.54 Å². The van der Waals surface area contributed by atoms with Gasteiger partial charge < -0.3 is 15.5 Å². The summed E-state index contributed by atoms with van der Waals surface area (Å²) in [5, 5.41) is 5.64. The second-order valence-corrected chi connectivity index (χ2v) is 6.93. The smallest absolute Gasteiger partial charge is 0.243 e. The first-order valence-electron chi connectivity index (χ1n) is 7.96. The topological polar surface area (TPSA) is 56.7 Å². The van der Waals surface area contributed by atoms with Gasteiger partial charge in [0.05, 0.1) is 12.2 Å². The molecule has 1 aromatic carbocycles. The number of hydrogen-bond donors (Lipinski definition) is 2. The van der Waals surface area contributed by atoms with Crippen LogP contribution in [0.3, 0.4) is 0 Å². The van der Waals surface area contributed by atoms with Crippen molar-refractivity contribution in [3.05, 3.63) is 29.6 Å². The van der Waals surface area contributed by atoms with Crippen molar-refractivity contribution >= 4 is 29.3 Å². The molecule has 1 aliphatic heterocycles. The quantitative estimate of drug-likeness (QED) is 0.483. The first-order valence-corrected chi connectivity index (χ1v) is 9.01. The molecule has 138 valence electrons. The fraction of sp³-hybridized carbons (Fsp3) is 0.500. The normalized spacial score (nSPS) is 18.2. The number of nitrogens with one attached hydrogen (secondary N) is 2.